The number of primary amides is 1. The van der Waals surface area contributed by atoms with Crippen molar-refractivity contribution in [3.8, 4) is 11.3 Å². The molecule has 3 N–H and O–H groups in total. The lowest BCUT2D eigenvalue weighted by molar-refractivity contribution is -0.122. The molecule has 25 heavy (non-hydrogen) atoms. The Morgan fingerprint density at radius 1 is 1.36 bits per heavy atom. The molecule has 4 rings (SSSR count). The Morgan fingerprint density at radius 2 is 2.12 bits per heavy atom. The Labute approximate surface area is 146 Å². The highest BCUT2D eigenvalue weighted by atomic mass is 16.2. The van der Waals surface area contributed by atoms with E-state index in [1.54, 1.807) is 6.92 Å². The molecule has 0 radical (unpaired) electrons. The topological polar surface area (TPSA) is 92.1 Å². The third kappa shape index (κ3) is 2.44. The number of nitrogens with zero attached hydrogens (tertiary/aromatic N) is 2. The lowest BCUT2D eigenvalue weighted by Crippen LogP contribution is -2.42. The molecule has 2 heterocycles. The van der Waals surface area contributed by atoms with Gasteiger partial charge in [0.25, 0.3) is 5.91 Å². The summed E-state index contributed by atoms with van der Waals surface area (Å²) in [6, 6.07) is 5.18. The zero-order chi connectivity index (χ0) is 17.9. The fraction of sp³-hybridized carbons (Fsp3) is 0.421. The van der Waals surface area contributed by atoms with Crippen LogP contribution in [0.3, 0.4) is 0 Å². The number of amides is 2. The summed E-state index contributed by atoms with van der Waals surface area (Å²) in [7, 11) is 0. The fourth-order valence-corrected chi connectivity index (χ4v) is 3.95. The predicted octanol–water partition coefficient (Wildman–Crippen LogP) is 2.03. The summed E-state index contributed by atoms with van der Waals surface area (Å²) in [5.74, 6) is -0.630. The number of rotatable bonds is 3. The van der Waals surface area contributed by atoms with Gasteiger partial charge in [-0.05, 0) is 42.9 Å². The Kier molecular flexibility index (Phi) is 3.29. The molecule has 0 spiro atoms. The zero-order valence-corrected chi connectivity index (χ0v) is 14.7. The molecule has 6 heteroatoms. The second-order valence-corrected chi connectivity index (χ2v) is 7.93. The lowest BCUT2D eigenvalue weighted by Gasteiger charge is -2.20. The number of benzene rings is 1. The van der Waals surface area contributed by atoms with Crippen LogP contribution in [-0.2, 0) is 24.2 Å². The van der Waals surface area contributed by atoms with E-state index >= 15 is 0 Å². The minimum absolute atomic E-state index is 0.138. The van der Waals surface area contributed by atoms with Crippen molar-refractivity contribution in [2.45, 2.75) is 46.2 Å². The van der Waals surface area contributed by atoms with Crippen LogP contribution in [0.15, 0.2) is 18.2 Å². The summed E-state index contributed by atoms with van der Waals surface area (Å²) < 4.78 is 0. The van der Waals surface area contributed by atoms with E-state index in [0.717, 1.165) is 29.7 Å². The molecule has 2 aliphatic rings. The summed E-state index contributed by atoms with van der Waals surface area (Å²) >= 11 is 0. The number of hydrogen-bond donors (Lipinski definition) is 2. The molecule has 6 nitrogen and oxygen atoms in total. The number of aromatic amines is 1. The first kappa shape index (κ1) is 15.9. The van der Waals surface area contributed by atoms with Gasteiger partial charge in [-0.25, -0.2) is 0 Å². The van der Waals surface area contributed by atoms with Crippen molar-refractivity contribution in [2.75, 3.05) is 0 Å². The van der Waals surface area contributed by atoms with Crippen LogP contribution in [0, 0.1) is 5.41 Å². The molecule has 2 aromatic rings. The molecular formula is C19H22N4O2. The van der Waals surface area contributed by atoms with E-state index < -0.39 is 11.9 Å². The summed E-state index contributed by atoms with van der Waals surface area (Å²) in [6.07, 6.45) is 2.00. The average Bonchev–Trinajstić information content (AvgIpc) is 3.16. The summed E-state index contributed by atoms with van der Waals surface area (Å²) in [4.78, 5) is 25.5. The maximum Gasteiger partial charge on any atom is 0.255 e. The van der Waals surface area contributed by atoms with E-state index in [2.05, 4.69) is 24.0 Å². The first-order valence-corrected chi connectivity index (χ1v) is 8.56. The Morgan fingerprint density at radius 3 is 2.84 bits per heavy atom. The quantitative estimate of drug-likeness (QED) is 0.897. The van der Waals surface area contributed by atoms with Gasteiger partial charge < -0.3 is 10.6 Å². The van der Waals surface area contributed by atoms with Crippen LogP contribution in [0.2, 0.25) is 0 Å². The van der Waals surface area contributed by atoms with Crippen molar-refractivity contribution in [3.63, 3.8) is 0 Å². The second kappa shape index (κ2) is 5.18. The third-order valence-electron chi connectivity index (χ3n) is 5.35. The number of aromatic nitrogens is 2. The van der Waals surface area contributed by atoms with Crippen LogP contribution in [-0.4, -0.2) is 33.0 Å². The Hall–Kier alpha value is -2.63. The summed E-state index contributed by atoms with van der Waals surface area (Å²) in [5.41, 5.74) is 11.6. The molecule has 1 aromatic heterocycles. The van der Waals surface area contributed by atoms with Crippen molar-refractivity contribution < 1.29 is 9.59 Å². The smallest absolute Gasteiger partial charge is 0.255 e. The molecule has 1 aromatic carbocycles. The minimum atomic E-state index is -0.612. The van der Waals surface area contributed by atoms with Gasteiger partial charge in [0.2, 0.25) is 5.91 Å². The van der Waals surface area contributed by atoms with Crippen LogP contribution in [0.5, 0.6) is 0 Å². The standard InChI is InChI=1S/C19H22N4O2/c1-10(17(20)24)23-9-12-6-11(4-5-13(12)18(23)25)16-14-7-19(2,3)8-15(14)21-22-16/h4-6,10H,7-9H2,1-3H3,(H2,20,24)(H,21,22)/t10-/m0/s1. The van der Waals surface area contributed by atoms with Crippen molar-refractivity contribution >= 4 is 11.8 Å². The van der Waals surface area contributed by atoms with Crippen molar-refractivity contribution in [1.29, 1.82) is 0 Å². The molecule has 2 amide bonds. The van der Waals surface area contributed by atoms with E-state index in [-0.39, 0.29) is 11.3 Å². The van der Waals surface area contributed by atoms with Crippen LogP contribution >= 0.6 is 0 Å². The largest absolute Gasteiger partial charge is 0.368 e. The number of nitrogens with two attached hydrogens (primary N) is 1. The van der Waals surface area contributed by atoms with Gasteiger partial charge in [0, 0.05) is 28.9 Å². The van der Waals surface area contributed by atoms with Crippen molar-refractivity contribution in [1.82, 2.24) is 15.1 Å². The van der Waals surface area contributed by atoms with Gasteiger partial charge in [0.1, 0.15) is 6.04 Å². The number of nitrogens with one attached hydrogen (secondary N) is 1. The molecular weight excluding hydrogens is 316 g/mol. The van der Waals surface area contributed by atoms with E-state index in [0.29, 0.717) is 12.1 Å². The maximum atomic E-state index is 12.5. The predicted molar refractivity (Wildman–Crippen MR) is 93.7 cm³/mol. The fourth-order valence-electron chi connectivity index (χ4n) is 3.95. The molecule has 0 fully saturated rings. The Bertz CT molecular complexity index is 897. The minimum Gasteiger partial charge on any atom is -0.368 e. The lowest BCUT2D eigenvalue weighted by atomic mass is 9.90. The first-order chi connectivity index (χ1) is 11.8. The number of carbonyl (C=O) groups is 2. The van der Waals surface area contributed by atoms with Crippen LogP contribution in [0.25, 0.3) is 11.3 Å². The molecule has 0 saturated carbocycles. The molecule has 130 valence electrons. The van der Waals surface area contributed by atoms with Crippen LogP contribution < -0.4 is 5.73 Å². The van der Waals surface area contributed by atoms with Crippen molar-refractivity contribution in [3.05, 3.63) is 40.6 Å². The normalized spacial score (nSPS) is 19.0. The molecule has 0 saturated heterocycles. The van der Waals surface area contributed by atoms with Gasteiger partial charge >= 0.3 is 0 Å². The third-order valence-corrected chi connectivity index (χ3v) is 5.35. The number of carbonyl (C=O) groups excluding carboxylic acids is 2. The van der Waals surface area contributed by atoms with E-state index in [4.69, 9.17) is 5.73 Å². The van der Waals surface area contributed by atoms with Gasteiger partial charge in [-0.15, -0.1) is 0 Å². The highest BCUT2D eigenvalue weighted by Crippen LogP contribution is 2.40. The summed E-state index contributed by atoms with van der Waals surface area (Å²) in [6.45, 7) is 6.59. The van der Waals surface area contributed by atoms with Crippen LogP contribution in [0.1, 0.15) is 48.0 Å². The molecule has 1 aliphatic heterocycles. The molecule has 0 bridgehead atoms. The molecule has 0 unspecified atom stereocenters. The number of H-pyrrole nitrogens is 1. The van der Waals surface area contributed by atoms with E-state index in [9.17, 15) is 9.59 Å². The van der Waals surface area contributed by atoms with Gasteiger partial charge in [-0.1, -0.05) is 19.9 Å². The molecule has 1 atom stereocenters. The van der Waals surface area contributed by atoms with Gasteiger partial charge in [-0.2, -0.15) is 5.10 Å². The number of hydrogen-bond acceptors (Lipinski definition) is 3. The second-order valence-electron chi connectivity index (χ2n) is 7.93. The number of fused-ring (bicyclic) bond motifs is 2. The average molecular weight is 338 g/mol. The SMILES string of the molecule is C[C@@H](C(N)=O)N1Cc2cc(-c3n[nH]c4c3CC(C)(C)C4)ccc2C1=O. The van der Waals surface area contributed by atoms with Gasteiger partial charge in [0.15, 0.2) is 0 Å². The van der Waals surface area contributed by atoms with Gasteiger partial charge in [-0.3, -0.25) is 14.7 Å². The monoisotopic (exact) mass is 338 g/mol. The first-order valence-electron chi connectivity index (χ1n) is 8.56. The van der Waals surface area contributed by atoms with Crippen molar-refractivity contribution in [2.24, 2.45) is 11.1 Å². The van der Waals surface area contributed by atoms with Crippen LogP contribution in [0.4, 0.5) is 0 Å². The zero-order valence-electron chi connectivity index (χ0n) is 14.7. The van der Waals surface area contributed by atoms with E-state index in [1.165, 1.54) is 16.2 Å². The van der Waals surface area contributed by atoms with E-state index in [1.807, 2.05) is 18.2 Å². The highest BCUT2D eigenvalue weighted by Gasteiger charge is 2.35. The molecule has 1 aliphatic carbocycles. The Balaban J connectivity index is 1.69. The highest BCUT2D eigenvalue weighted by molar-refractivity contribution is 6.01. The summed E-state index contributed by atoms with van der Waals surface area (Å²) in [5, 5.41) is 7.67. The van der Waals surface area contributed by atoms with Gasteiger partial charge in [0.05, 0.1) is 5.69 Å². The maximum absolute atomic E-state index is 12.5.